The zero-order valence-electron chi connectivity index (χ0n) is 14.0. The van der Waals surface area contributed by atoms with Gasteiger partial charge in [-0.05, 0) is 55.1 Å². The number of benzene rings is 1. The molecule has 1 heterocycles. The number of para-hydroxylation sites is 1. The maximum Gasteiger partial charge on any atom is 0.341 e. The highest BCUT2D eigenvalue weighted by Gasteiger charge is 2.28. The van der Waals surface area contributed by atoms with Crippen LogP contribution in [0.4, 0.5) is 10.7 Å². The Hall–Kier alpha value is -1.63. The van der Waals surface area contributed by atoms with Crippen molar-refractivity contribution in [3.8, 4) is 0 Å². The summed E-state index contributed by atoms with van der Waals surface area (Å²) >= 11 is 13.1. The van der Waals surface area contributed by atoms with Crippen molar-refractivity contribution in [1.82, 2.24) is 0 Å². The lowest BCUT2D eigenvalue weighted by Gasteiger charge is -2.18. The van der Waals surface area contributed by atoms with E-state index in [1.165, 1.54) is 12.0 Å². The number of halogens is 1. The SMILES string of the molecule is COC(=O)c1c(NC(=S)Nc2ccccc2Cl)sc2c1CCC(C)C2. The van der Waals surface area contributed by atoms with Gasteiger partial charge in [-0.25, -0.2) is 4.79 Å². The third kappa shape index (κ3) is 3.97. The summed E-state index contributed by atoms with van der Waals surface area (Å²) in [4.78, 5) is 13.5. The van der Waals surface area contributed by atoms with Gasteiger partial charge in [0.05, 0.1) is 23.4 Å². The van der Waals surface area contributed by atoms with E-state index in [0.717, 1.165) is 35.5 Å². The van der Waals surface area contributed by atoms with Crippen LogP contribution in [0.25, 0.3) is 0 Å². The topological polar surface area (TPSA) is 50.4 Å². The highest BCUT2D eigenvalue weighted by atomic mass is 35.5. The van der Waals surface area contributed by atoms with Crippen LogP contribution < -0.4 is 10.6 Å². The maximum atomic E-state index is 12.3. The summed E-state index contributed by atoms with van der Waals surface area (Å²) in [6.07, 6.45) is 2.95. The van der Waals surface area contributed by atoms with Gasteiger partial charge in [-0.2, -0.15) is 0 Å². The average molecular weight is 395 g/mol. The van der Waals surface area contributed by atoms with E-state index in [1.807, 2.05) is 18.2 Å². The molecule has 1 aliphatic rings. The molecule has 0 aliphatic heterocycles. The molecule has 1 aromatic heterocycles. The normalized spacial score (nSPS) is 16.0. The Morgan fingerprint density at radius 1 is 1.36 bits per heavy atom. The summed E-state index contributed by atoms with van der Waals surface area (Å²) in [6, 6.07) is 7.37. The monoisotopic (exact) mass is 394 g/mol. The molecule has 1 aromatic carbocycles. The van der Waals surface area contributed by atoms with E-state index >= 15 is 0 Å². The van der Waals surface area contributed by atoms with Crippen LogP contribution in [0.5, 0.6) is 0 Å². The fourth-order valence-corrected chi connectivity index (χ4v) is 4.84. The Kier molecular flexibility index (Phi) is 5.61. The van der Waals surface area contributed by atoms with E-state index in [9.17, 15) is 4.79 Å². The number of rotatable bonds is 3. The van der Waals surface area contributed by atoms with Gasteiger partial charge in [0.2, 0.25) is 0 Å². The number of nitrogens with one attached hydrogen (secondary N) is 2. The first-order valence-electron chi connectivity index (χ1n) is 8.05. The highest BCUT2D eigenvalue weighted by molar-refractivity contribution is 7.80. The molecule has 0 amide bonds. The second-order valence-corrected chi connectivity index (χ2v) is 8.03. The van der Waals surface area contributed by atoms with Crippen LogP contribution >= 0.6 is 35.2 Å². The van der Waals surface area contributed by atoms with E-state index in [1.54, 1.807) is 17.4 Å². The van der Waals surface area contributed by atoms with Gasteiger partial charge in [0, 0.05) is 4.88 Å². The summed E-state index contributed by atoms with van der Waals surface area (Å²) in [7, 11) is 1.40. The van der Waals surface area contributed by atoms with Crippen LogP contribution in [0.15, 0.2) is 24.3 Å². The minimum absolute atomic E-state index is 0.324. The Morgan fingerprint density at radius 3 is 2.84 bits per heavy atom. The van der Waals surface area contributed by atoms with Crippen LogP contribution in [0.2, 0.25) is 5.02 Å². The Labute approximate surface area is 161 Å². The zero-order valence-corrected chi connectivity index (χ0v) is 16.4. The molecule has 1 atom stereocenters. The van der Waals surface area contributed by atoms with Crippen molar-refractivity contribution >= 4 is 56.9 Å². The van der Waals surface area contributed by atoms with Crippen LogP contribution in [0, 0.1) is 5.92 Å². The van der Waals surface area contributed by atoms with Gasteiger partial charge in [0.25, 0.3) is 0 Å². The minimum atomic E-state index is -0.324. The van der Waals surface area contributed by atoms with Crippen molar-refractivity contribution in [1.29, 1.82) is 0 Å². The smallest absolute Gasteiger partial charge is 0.341 e. The zero-order chi connectivity index (χ0) is 18.0. The van der Waals surface area contributed by atoms with Crippen molar-refractivity contribution in [2.24, 2.45) is 5.92 Å². The molecular weight excluding hydrogens is 376 g/mol. The maximum absolute atomic E-state index is 12.3. The number of carbonyl (C=O) groups excluding carboxylic acids is 1. The van der Waals surface area contributed by atoms with Crippen molar-refractivity contribution in [2.45, 2.75) is 26.2 Å². The molecule has 4 nitrogen and oxygen atoms in total. The lowest BCUT2D eigenvalue weighted by atomic mass is 9.88. The standard InChI is InChI=1S/C18H19ClN2O2S2/c1-10-7-8-11-14(9-10)25-16(15(11)17(22)23-2)21-18(24)20-13-6-4-3-5-12(13)19/h3-6,10H,7-9H2,1-2H3,(H2,20,21,24). The van der Waals surface area contributed by atoms with Gasteiger partial charge >= 0.3 is 5.97 Å². The highest BCUT2D eigenvalue weighted by Crippen LogP contribution is 2.40. The number of hydrogen-bond acceptors (Lipinski definition) is 4. The molecule has 2 aromatic rings. The number of ether oxygens (including phenoxy) is 1. The van der Waals surface area contributed by atoms with Crippen LogP contribution in [0.3, 0.4) is 0 Å². The largest absolute Gasteiger partial charge is 0.465 e. The third-order valence-corrected chi connectivity index (χ3v) is 5.95. The molecule has 0 saturated heterocycles. The number of methoxy groups -OCH3 is 1. The lowest BCUT2D eigenvalue weighted by Crippen LogP contribution is -2.20. The van der Waals surface area contributed by atoms with Crippen LogP contribution in [0.1, 0.15) is 34.1 Å². The second kappa shape index (κ2) is 7.72. The minimum Gasteiger partial charge on any atom is -0.465 e. The number of esters is 1. The van der Waals surface area contributed by atoms with Crippen LogP contribution in [-0.4, -0.2) is 18.2 Å². The number of anilines is 2. The fourth-order valence-electron chi connectivity index (χ4n) is 2.98. The van der Waals surface area contributed by atoms with Crippen molar-refractivity contribution < 1.29 is 9.53 Å². The van der Waals surface area contributed by atoms with E-state index < -0.39 is 0 Å². The number of fused-ring (bicyclic) bond motifs is 1. The molecule has 25 heavy (non-hydrogen) atoms. The second-order valence-electron chi connectivity index (χ2n) is 6.11. The molecule has 132 valence electrons. The molecule has 1 aliphatic carbocycles. The number of hydrogen-bond donors (Lipinski definition) is 2. The predicted octanol–water partition coefficient (Wildman–Crippen LogP) is 5.12. The molecule has 0 spiro atoms. The molecule has 0 radical (unpaired) electrons. The van der Waals surface area contributed by atoms with Gasteiger partial charge < -0.3 is 15.4 Å². The summed E-state index contributed by atoms with van der Waals surface area (Å²) in [6.45, 7) is 2.23. The van der Waals surface area contributed by atoms with E-state index in [0.29, 0.717) is 21.6 Å². The molecular formula is C18H19ClN2O2S2. The molecule has 0 fully saturated rings. The van der Waals surface area contributed by atoms with Gasteiger partial charge in [-0.1, -0.05) is 30.7 Å². The third-order valence-electron chi connectivity index (χ3n) is 4.25. The van der Waals surface area contributed by atoms with Gasteiger partial charge in [0.1, 0.15) is 5.00 Å². The molecule has 1 unspecified atom stereocenters. The van der Waals surface area contributed by atoms with E-state index in [2.05, 4.69) is 17.6 Å². The van der Waals surface area contributed by atoms with Gasteiger partial charge in [-0.15, -0.1) is 11.3 Å². The van der Waals surface area contributed by atoms with E-state index in [-0.39, 0.29) is 5.97 Å². The molecule has 0 saturated carbocycles. The Balaban J connectivity index is 1.85. The van der Waals surface area contributed by atoms with Crippen molar-refractivity contribution in [2.75, 3.05) is 17.7 Å². The molecule has 0 bridgehead atoms. The molecule has 7 heteroatoms. The van der Waals surface area contributed by atoms with Crippen LogP contribution in [-0.2, 0) is 17.6 Å². The van der Waals surface area contributed by atoms with Crippen molar-refractivity contribution in [3.63, 3.8) is 0 Å². The fraction of sp³-hybridized carbons (Fsp3) is 0.333. The molecule has 2 N–H and O–H groups in total. The predicted molar refractivity (Wildman–Crippen MR) is 108 cm³/mol. The Morgan fingerprint density at radius 2 is 2.12 bits per heavy atom. The summed E-state index contributed by atoms with van der Waals surface area (Å²) < 4.78 is 4.99. The number of thiophene rings is 1. The van der Waals surface area contributed by atoms with E-state index in [4.69, 9.17) is 28.6 Å². The lowest BCUT2D eigenvalue weighted by molar-refractivity contribution is 0.0601. The molecule has 3 rings (SSSR count). The summed E-state index contributed by atoms with van der Waals surface area (Å²) in [5, 5.41) is 7.94. The average Bonchev–Trinajstić information content (AvgIpc) is 2.92. The number of thiocarbonyl (C=S) groups is 1. The first kappa shape index (κ1) is 18.2. The number of carbonyl (C=O) groups is 1. The first-order valence-corrected chi connectivity index (χ1v) is 9.65. The van der Waals surface area contributed by atoms with Crippen molar-refractivity contribution in [3.05, 3.63) is 45.3 Å². The quantitative estimate of drug-likeness (QED) is 0.558. The van der Waals surface area contributed by atoms with Gasteiger partial charge in [0.15, 0.2) is 5.11 Å². The van der Waals surface area contributed by atoms with Gasteiger partial charge in [-0.3, -0.25) is 0 Å². The first-order chi connectivity index (χ1) is 12.0. The Bertz CT molecular complexity index is 819. The summed E-state index contributed by atoms with van der Waals surface area (Å²) in [5.41, 5.74) is 2.42. The summed E-state index contributed by atoms with van der Waals surface area (Å²) in [5.74, 6) is 0.299.